The number of rotatable bonds is 8. The number of hydrogen-bond acceptors (Lipinski definition) is 10. The van der Waals surface area contributed by atoms with Gasteiger partial charge in [-0.15, -0.1) is 11.3 Å². The first-order valence-corrected chi connectivity index (χ1v) is 13.5. The van der Waals surface area contributed by atoms with Gasteiger partial charge in [0, 0.05) is 35.7 Å². The van der Waals surface area contributed by atoms with Crippen molar-refractivity contribution in [3.63, 3.8) is 0 Å². The lowest BCUT2D eigenvalue weighted by Crippen LogP contribution is -2.14. The van der Waals surface area contributed by atoms with Crippen LogP contribution in [0.25, 0.3) is 22.1 Å². The van der Waals surface area contributed by atoms with Gasteiger partial charge in [-0.25, -0.2) is 19.6 Å². The molecular weight excluding hydrogens is 503 g/mol. The second-order valence-electron chi connectivity index (χ2n) is 8.39. The quantitative estimate of drug-likeness (QED) is 0.286. The molecular formula is C22H25N8O4PS. The van der Waals surface area contributed by atoms with Crippen LogP contribution < -0.4 is 5.32 Å². The minimum absolute atomic E-state index is 0.256. The highest BCUT2D eigenvalue weighted by Crippen LogP contribution is 2.33. The lowest BCUT2D eigenvalue weighted by Gasteiger charge is -2.21. The predicted octanol–water partition coefficient (Wildman–Crippen LogP) is 4.16. The minimum Gasteiger partial charge on any atom is -0.328 e. The molecule has 3 N–H and O–H groups in total. The molecule has 1 atom stereocenters. The highest BCUT2D eigenvalue weighted by atomic mass is 32.1. The van der Waals surface area contributed by atoms with E-state index in [1.807, 2.05) is 10.9 Å². The molecule has 4 aromatic rings. The molecule has 0 spiro atoms. The molecule has 1 amide bonds. The first kappa shape index (κ1) is 24.6. The van der Waals surface area contributed by atoms with Gasteiger partial charge < -0.3 is 15.1 Å². The van der Waals surface area contributed by atoms with E-state index in [0.717, 1.165) is 25.7 Å². The van der Waals surface area contributed by atoms with Crippen LogP contribution in [-0.4, -0.2) is 50.2 Å². The van der Waals surface area contributed by atoms with Gasteiger partial charge in [0.05, 0.1) is 17.9 Å². The van der Waals surface area contributed by atoms with Gasteiger partial charge in [0.2, 0.25) is 0 Å². The largest absolute Gasteiger partial charge is 0.329 e. The zero-order chi connectivity index (χ0) is 25.1. The molecule has 1 aliphatic rings. The van der Waals surface area contributed by atoms with E-state index in [4.69, 9.17) is 19.4 Å². The Morgan fingerprint density at radius 1 is 1.22 bits per heavy atom. The van der Waals surface area contributed by atoms with E-state index < -0.39 is 14.8 Å². The van der Waals surface area contributed by atoms with Gasteiger partial charge in [-0.05, 0) is 25.8 Å². The molecule has 1 saturated carbocycles. The maximum atomic E-state index is 13.1. The van der Waals surface area contributed by atoms with E-state index in [-0.39, 0.29) is 17.6 Å². The van der Waals surface area contributed by atoms with Crippen molar-refractivity contribution in [3.8, 4) is 22.1 Å². The van der Waals surface area contributed by atoms with Crippen molar-refractivity contribution < 1.29 is 19.1 Å². The summed E-state index contributed by atoms with van der Waals surface area (Å²) in [4.78, 5) is 44.3. The van der Waals surface area contributed by atoms with Crippen LogP contribution in [0.15, 0.2) is 42.4 Å². The fraction of sp³-hybridized carbons (Fsp3) is 0.364. The molecule has 0 aliphatic heterocycles. The number of hydrogen-bond donors (Lipinski definition) is 3. The van der Waals surface area contributed by atoms with Crippen molar-refractivity contribution in [2.45, 2.75) is 51.3 Å². The summed E-state index contributed by atoms with van der Waals surface area (Å²) in [5.41, 5.74) is 1.99. The molecule has 1 fully saturated rings. The van der Waals surface area contributed by atoms with Gasteiger partial charge in [0.1, 0.15) is 10.7 Å². The van der Waals surface area contributed by atoms with E-state index in [1.165, 1.54) is 22.4 Å². The van der Waals surface area contributed by atoms with Crippen molar-refractivity contribution in [1.82, 2.24) is 34.5 Å². The Kier molecular flexibility index (Phi) is 7.44. The average molecular weight is 529 g/mol. The van der Waals surface area contributed by atoms with E-state index in [9.17, 15) is 4.79 Å². The number of carbonyl (C=O) groups excluding carboxylic acids is 1. The summed E-state index contributed by atoms with van der Waals surface area (Å²) >= 11 is 1.30. The first-order chi connectivity index (χ1) is 17.5. The fourth-order valence-electron chi connectivity index (χ4n) is 4.13. The molecule has 12 nitrogen and oxygen atoms in total. The van der Waals surface area contributed by atoms with Gasteiger partial charge in [0.15, 0.2) is 17.7 Å². The lowest BCUT2D eigenvalue weighted by atomic mass is 9.96. The van der Waals surface area contributed by atoms with Gasteiger partial charge in [-0.1, -0.05) is 19.3 Å². The molecule has 1 aliphatic carbocycles. The predicted molar refractivity (Wildman–Crippen MR) is 134 cm³/mol. The Bertz CT molecular complexity index is 1320. The Balaban J connectivity index is 1.36. The number of nitrogens with one attached hydrogen (secondary N) is 1. The number of amides is 1. The molecule has 0 aromatic carbocycles. The lowest BCUT2D eigenvalue weighted by molar-refractivity contribution is 0.102. The monoisotopic (exact) mass is 528 g/mol. The van der Waals surface area contributed by atoms with Crippen molar-refractivity contribution in [2.75, 3.05) is 5.32 Å². The summed E-state index contributed by atoms with van der Waals surface area (Å²) in [5, 5.41) is 14.1. The van der Waals surface area contributed by atoms with Crippen LogP contribution in [-0.2, 0) is 4.52 Å². The van der Waals surface area contributed by atoms with Crippen LogP contribution in [0.4, 0.5) is 5.69 Å². The van der Waals surface area contributed by atoms with Crippen LogP contribution >= 0.6 is 19.9 Å². The van der Waals surface area contributed by atoms with E-state index in [2.05, 4.69) is 25.4 Å². The SMILES string of the molecule is CC(OP(O)O)n1cc(-c2nc(C(=O)Nc3cn(C4CCCCC4)nc3-c3ncccn3)cs2)cn1. The fourth-order valence-corrected chi connectivity index (χ4v) is 5.28. The number of aromatic nitrogens is 7. The molecule has 188 valence electrons. The van der Waals surface area contributed by atoms with Crippen LogP contribution in [0, 0.1) is 0 Å². The van der Waals surface area contributed by atoms with Gasteiger partial charge in [-0.3, -0.25) is 14.0 Å². The highest BCUT2D eigenvalue weighted by molar-refractivity contribution is 7.39. The van der Waals surface area contributed by atoms with E-state index in [1.54, 1.807) is 43.2 Å². The molecule has 4 heterocycles. The summed E-state index contributed by atoms with van der Waals surface area (Å²) in [5.74, 6) is 0.0766. The topological polar surface area (TPSA) is 153 Å². The Hall–Kier alpha value is -3.09. The van der Waals surface area contributed by atoms with Gasteiger partial charge >= 0.3 is 8.60 Å². The normalized spacial score (nSPS) is 15.3. The molecule has 5 rings (SSSR count). The standard InChI is InChI=1S/C22H25N8O4PS/c1-14(34-35(32)33)29-11-15(10-25-29)22-27-18(13-36-22)21(31)26-17-12-30(16-6-3-2-4-7-16)28-19(17)20-23-8-5-9-24-20/h5,8-14,16,32-33H,2-4,6-7H2,1H3,(H,26,31). The summed E-state index contributed by atoms with van der Waals surface area (Å²) in [6, 6.07) is 2.02. The number of anilines is 1. The summed E-state index contributed by atoms with van der Waals surface area (Å²) in [6.07, 6.45) is 13.4. The highest BCUT2D eigenvalue weighted by Gasteiger charge is 2.23. The zero-order valence-corrected chi connectivity index (χ0v) is 21.1. The Morgan fingerprint density at radius 3 is 2.75 bits per heavy atom. The van der Waals surface area contributed by atoms with Crippen LogP contribution in [0.5, 0.6) is 0 Å². The average Bonchev–Trinajstić information content (AvgIpc) is 3.64. The van der Waals surface area contributed by atoms with Crippen molar-refractivity contribution in [2.24, 2.45) is 0 Å². The van der Waals surface area contributed by atoms with Crippen LogP contribution in [0.1, 0.15) is 61.8 Å². The number of nitrogens with zero attached hydrogens (tertiary/aromatic N) is 7. The van der Waals surface area contributed by atoms with Crippen LogP contribution in [0.3, 0.4) is 0 Å². The van der Waals surface area contributed by atoms with E-state index >= 15 is 0 Å². The molecule has 0 saturated heterocycles. The number of thiazole rings is 1. The molecule has 36 heavy (non-hydrogen) atoms. The van der Waals surface area contributed by atoms with Gasteiger partial charge in [-0.2, -0.15) is 10.2 Å². The summed E-state index contributed by atoms with van der Waals surface area (Å²) in [7, 11) is -2.50. The van der Waals surface area contributed by atoms with Crippen molar-refractivity contribution in [3.05, 3.63) is 48.1 Å². The van der Waals surface area contributed by atoms with E-state index in [0.29, 0.717) is 27.8 Å². The molecule has 0 bridgehead atoms. The molecule has 4 aromatic heterocycles. The third kappa shape index (κ3) is 5.50. The maximum Gasteiger partial charge on any atom is 0.329 e. The smallest absolute Gasteiger partial charge is 0.328 e. The second kappa shape index (κ2) is 10.9. The third-order valence-corrected chi connectivity index (χ3v) is 7.30. The molecule has 1 unspecified atom stereocenters. The maximum absolute atomic E-state index is 13.1. The van der Waals surface area contributed by atoms with Crippen LogP contribution in [0.2, 0.25) is 0 Å². The third-order valence-electron chi connectivity index (χ3n) is 5.91. The summed E-state index contributed by atoms with van der Waals surface area (Å²) in [6.45, 7) is 1.64. The van der Waals surface area contributed by atoms with Crippen molar-refractivity contribution in [1.29, 1.82) is 0 Å². The Morgan fingerprint density at radius 2 is 2.00 bits per heavy atom. The first-order valence-electron chi connectivity index (χ1n) is 11.5. The zero-order valence-electron chi connectivity index (χ0n) is 19.4. The van der Waals surface area contributed by atoms with Gasteiger partial charge in [0.25, 0.3) is 5.91 Å². The molecule has 14 heteroatoms. The second-order valence-corrected chi connectivity index (χ2v) is 9.97. The Labute approximate surface area is 212 Å². The van der Waals surface area contributed by atoms with Crippen molar-refractivity contribution >= 4 is 31.5 Å². The summed E-state index contributed by atoms with van der Waals surface area (Å²) < 4.78 is 8.34. The minimum atomic E-state index is -2.50. The number of carbonyl (C=O) groups is 1. The molecule has 0 radical (unpaired) electrons.